The van der Waals surface area contributed by atoms with E-state index in [1.54, 1.807) is 11.8 Å². The fourth-order valence-electron chi connectivity index (χ4n) is 8.98. The maximum atomic E-state index is 12.6. The second kappa shape index (κ2) is 44.6. The third-order valence-electron chi connectivity index (χ3n) is 13.3. The van der Waals surface area contributed by atoms with E-state index in [0.717, 1.165) is 76.2 Å². The molecule has 1 aliphatic carbocycles. The van der Waals surface area contributed by atoms with Crippen LogP contribution in [0.2, 0.25) is 0 Å². The molecule has 1 saturated carbocycles. The Morgan fingerprint density at radius 1 is 0.609 bits per heavy atom. The number of nitrogens with zero attached hydrogens (tertiary/aromatic N) is 2. The fraction of sp³-hybridized carbons (Fsp3) is 0.860. The average molecular weight is 898 g/mol. The minimum Gasteiger partial charge on any atom is -0.495 e. The van der Waals surface area contributed by atoms with Crippen LogP contribution in [0.5, 0.6) is 0 Å². The van der Waals surface area contributed by atoms with Crippen molar-refractivity contribution in [2.75, 3.05) is 33.2 Å². The second-order valence-electron chi connectivity index (χ2n) is 19.2. The van der Waals surface area contributed by atoms with Gasteiger partial charge in [-0.05, 0) is 128 Å². The van der Waals surface area contributed by atoms with E-state index in [-0.39, 0.29) is 12.1 Å². The van der Waals surface area contributed by atoms with Crippen molar-refractivity contribution < 1.29 is 14.3 Å². The molecule has 1 fully saturated rings. The number of rotatable bonds is 48. The molecule has 0 aromatic rings. The van der Waals surface area contributed by atoms with Gasteiger partial charge in [-0.1, -0.05) is 175 Å². The number of hydrogen-bond acceptors (Lipinski definition) is 6. The van der Waals surface area contributed by atoms with E-state index in [1.165, 1.54) is 198 Å². The molecule has 64 heavy (non-hydrogen) atoms. The lowest BCUT2D eigenvalue weighted by Crippen LogP contribution is -2.29. The number of hydrogen-bond donors (Lipinski definition) is 2. The van der Waals surface area contributed by atoms with Crippen LogP contribution in [0.4, 0.5) is 0 Å². The number of allylic oxidation sites excluding steroid dienone is 3. The van der Waals surface area contributed by atoms with Crippen LogP contribution in [0.15, 0.2) is 40.9 Å². The molecule has 1 unspecified atom stereocenters. The number of nitrogens with one attached hydrogen (secondary N) is 2. The summed E-state index contributed by atoms with van der Waals surface area (Å²) in [5.41, 5.74) is 2.62. The normalized spacial score (nSPS) is 13.5. The van der Waals surface area contributed by atoms with Crippen LogP contribution in [0, 0.1) is 0 Å². The van der Waals surface area contributed by atoms with Crippen LogP contribution in [-0.2, 0) is 14.3 Å². The van der Waals surface area contributed by atoms with Gasteiger partial charge in [-0.25, -0.2) is 0 Å². The van der Waals surface area contributed by atoms with Gasteiger partial charge in [-0.15, -0.1) is 0 Å². The van der Waals surface area contributed by atoms with Crippen molar-refractivity contribution in [3.63, 3.8) is 0 Å². The average Bonchev–Trinajstić information content (AvgIpc) is 4.15. The lowest BCUT2D eigenvalue weighted by molar-refractivity contribution is -0.149. The Bertz CT molecular complexity index is 1160. The minimum atomic E-state index is 0.00864. The fourth-order valence-corrected chi connectivity index (χ4v) is 8.98. The summed E-state index contributed by atoms with van der Waals surface area (Å²) in [7, 11) is 1.94. The molecule has 0 amide bonds. The summed E-state index contributed by atoms with van der Waals surface area (Å²) in [6, 6.07) is 0. The van der Waals surface area contributed by atoms with Crippen molar-refractivity contribution in [3.05, 3.63) is 35.9 Å². The zero-order chi connectivity index (χ0) is 46.6. The standard InChI is InChI=1S/C57H108N4O3/c1-8-14-17-20-25-32-40-52(11-4)64-56(62)44-36-29-24-31-38-49-61(50-39-47-60-57(59-13-6)54(12-5)58-7)48-37-30-23-28-35-43-55(51-45-46-51)63-53(41-33-26-21-18-15-9-2)42-34-27-22-19-16-10-3/h12-13,52-53,58H,6,8-11,14-50H2,1-5,7H3,(H,59,60)/b54-12+. The van der Waals surface area contributed by atoms with Gasteiger partial charge in [0.25, 0.3) is 0 Å². The van der Waals surface area contributed by atoms with Crippen LogP contribution < -0.4 is 10.6 Å². The Morgan fingerprint density at radius 3 is 1.53 bits per heavy atom. The molecule has 0 aromatic carbocycles. The number of esters is 1. The largest absolute Gasteiger partial charge is 0.495 e. The molecule has 7 nitrogen and oxygen atoms in total. The smallest absolute Gasteiger partial charge is 0.306 e. The molecule has 0 bridgehead atoms. The van der Waals surface area contributed by atoms with E-state index < -0.39 is 0 Å². The summed E-state index contributed by atoms with van der Waals surface area (Å²) < 4.78 is 12.8. The first-order chi connectivity index (χ1) is 31.5. The maximum Gasteiger partial charge on any atom is 0.306 e. The van der Waals surface area contributed by atoms with E-state index in [0.29, 0.717) is 12.5 Å². The van der Waals surface area contributed by atoms with Crippen molar-refractivity contribution in [2.24, 2.45) is 4.99 Å². The molecule has 0 aromatic heterocycles. The highest BCUT2D eigenvalue weighted by Gasteiger charge is 2.22. The van der Waals surface area contributed by atoms with Gasteiger partial charge < -0.3 is 25.0 Å². The first kappa shape index (κ1) is 59.7. The number of ether oxygens (including phenoxy) is 2. The molecular formula is C57H108N4O3. The Labute approximate surface area is 398 Å². The van der Waals surface area contributed by atoms with Gasteiger partial charge in [0.2, 0.25) is 0 Å². The monoisotopic (exact) mass is 897 g/mol. The van der Waals surface area contributed by atoms with Crippen LogP contribution >= 0.6 is 0 Å². The van der Waals surface area contributed by atoms with Crippen molar-refractivity contribution >= 4 is 11.8 Å². The Kier molecular flexibility index (Phi) is 41.6. The van der Waals surface area contributed by atoms with Gasteiger partial charge in [-0.3, -0.25) is 9.79 Å². The van der Waals surface area contributed by atoms with Crippen molar-refractivity contribution in [1.82, 2.24) is 15.5 Å². The third-order valence-corrected chi connectivity index (χ3v) is 13.3. The summed E-state index contributed by atoms with van der Waals surface area (Å²) in [4.78, 5) is 20.2. The highest BCUT2D eigenvalue weighted by molar-refractivity contribution is 5.98. The molecule has 0 heterocycles. The van der Waals surface area contributed by atoms with E-state index in [9.17, 15) is 4.79 Å². The number of likely N-dealkylation sites (N-methyl/N-ethyl adjacent to an activating group) is 1. The molecule has 1 aliphatic rings. The number of aliphatic imine (C=N–C) groups is 1. The number of carbonyl (C=O) groups is 1. The Balaban J connectivity index is 2.55. The van der Waals surface area contributed by atoms with E-state index in [1.807, 2.05) is 20.0 Å². The van der Waals surface area contributed by atoms with Gasteiger partial charge in [0, 0.05) is 26.4 Å². The topological polar surface area (TPSA) is 75.2 Å². The number of carbonyl (C=O) groups excluding carboxylic acids is 1. The maximum absolute atomic E-state index is 12.6. The van der Waals surface area contributed by atoms with Crippen molar-refractivity contribution in [1.29, 1.82) is 0 Å². The second-order valence-corrected chi connectivity index (χ2v) is 19.2. The van der Waals surface area contributed by atoms with Crippen LogP contribution in [0.1, 0.15) is 272 Å². The summed E-state index contributed by atoms with van der Waals surface area (Å²) >= 11 is 0. The van der Waals surface area contributed by atoms with Gasteiger partial charge in [0.15, 0.2) is 0 Å². The van der Waals surface area contributed by atoms with Gasteiger partial charge >= 0.3 is 5.97 Å². The zero-order valence-corrected chi connectivity index (χ0v) is 43.6. The lowest BCUT2D eigenvalue weighted by atomic mass is 10.0. The Morgan fingerprint density at radius 2 is 1.06 bits per heavy atom. The van der Waals surface area contributed by atoms with E-state index in [2.05, 4.69) is 49.8 Å². The molecule has 1 atom stereocenters. The molecule has 0 aliphatic heterocycles. The molecule has 7 heteroatoms. The van der Waals surface area contributed by atoms with Crippen LogP contribution in [0.25, 0.3) is 0 Å². The van der Waals surface area contributed by atoms with Crippen LogP contribution in [0.3, 0.4) is 0 Å². The SMILES string of the molecule is C=CNC(=NCCCN(CCCCCCCC(=O)OC(CC)CCCCCCCC)CCCCCCCC(OC(CCCCCCCC)CCCCCCCC)=C1CC1)/C(=C\C)NC. The lowest BCUT2D eigenvalue weighted by Gasteiger charge is -2.22. The highest BCUT2D eigenvalue weighted by atomic mass is 16.5. The van der Waals surface area contributed by atoms with Crippen molar-refractivity contribution in [2.45, 2.75) is 284 Å². The van der Waals surface area contributed by atoms with E-state index in [4.69, 9.17) is 14.5 Å². The molecule has 0 radical (unpaired) electrons. The van der Waals surface area contributed by atoms with Gasteiger partial charge in [0.05, 0.1) is 17.6 Å². The van der Waals surface area contributed by atoms with Crippen LogP contribution in [-0.4, -0.2) is 62.1 Å². The molecule has 2 N–H and O–H groups in total. The Hall–Kier alpha value is -2.28. The zero-order valence-electron chi connectivity index (χ0n) is 43.6. The predicted molar refractivity (Wildman–Crippen MR) is 280 cm³/mol. The quantitative estimate of drug-likeness (QED) is 0.0208. The predicted octanol–water partition coefficient (Wildman–Crippen LogP) is 16.6. The number of unbranched alkanes of at least 4 members (excludes halogenated alkanes) is 23. The first-order valence-electron chi connectivity index (χ1n) is 28.0. The molecule has 0 spiro atoms. The molecule has 1 rings (SSSR count). The highest BCUT2D eigenvalue weighted by Crippen LogP contribution is 2.36. The molecule has 0 saturated heterocycles. The van der Waals surface area contributed by atoms with Crippen molar-refractivity contribution in [3.8, 4) is 0 Å². The van der Waals surface area contributed by atoms with Gasteiger partial charge in [-0.2, -0.15) is 0 Å². The molecular weight excluding hydrogens is 789 g/mol. The van der Waals surface area contributed by atoms with Gasteiger partial charge in [0.1, 0.15) is 11.9 Å². The first-order valence-corrected chi connectivity index (χ1v) is 28.0. The minimum absolute atomic E-state index is 0.00864. The molecule has 374 valence electrons. The summed E-state index contributed by atoms with van der Waals surface area (Å²) in [5.74, 6) is 2.26. The summed E-state index contributed by atoms with van der Waals surface area (Å²) in [5, 5.41) is 6.45. The summed E-state index contributed by atoms with van der Waals surface area (Å²) in [6.45, 7) is 19.1. The summed E-state index contributed by atoms with van der Waals surface area (Å²) in [6.07, 6.45) is 50.2. The third kappa shape index (κ3) is 35.0. The van der Waals surface area contributed by atoms with E-state index >= 15 is 0 Å². The number of amidine groups is 1.